The molecule has 0 unspecified atom stereocenters. The lowest BCUT2D eigenvalue weighted by molar-refractivity contribution is -0.119. The van der Waals surface area contributed by atoms with E-state index in [1.165, 1.54) is 12.1 Å². The van der Waals surface area contributed by atoms with Crippen LogP contribution in [0, 0.1) is 0 Å². The number of carbonyl (C=O) groups is 1. The molecule has 0 radical (unpaired) electrons. The molecule has 1 aromatic carbocycles. The lowest BCUT2D eigenvalue weighted by Crippen LogP contribution is -2.32. The molecule has 2 aliphatic rings. The van der Waals surface area contributed by atoms with Crippen molar-refractivity contribution in [2.75, 3.05) is 11.9 Å². The Morgan fingerprint density at radius 3 is 2.36 bits per heavy atom. The van der Waals surface area contributed by atoms with E-state index in [2.05, 4.69) is 10.0 Å². The molecule has 0 spiro atoms. The molecule has 0 bridgehead atoms. The summed E-state index contributed by atoms with van der Waals surface area (Å²) in [6.45, 7) is 0.721. The van der Waals surface area contributed by atoms with E-state index < -0.39 is 10.0 Å². The first-order valence-electron chi connectivity index (χ1n) is 9.07. The molecule has 138 valence electrons. The summed E-state index contributed by atoms with van der Waals surface area (Å²) in [4.78, 5) is 12.3. The smallest absolute Gasteiger partial charge is 0.240 e. The molecular formula is C18H26N2O4S. The van der Waals surface area contributed by atoms with Crippen molar-refractivity contribution in [3.05, 3.63) is 24.3 Å². The van der Waals surface area contributed by atoms with E-state index in [9.17, 15) is 13.2 Å². The van der Waals surface area contributed by atoms with Crippen LogP contribution in [0.2, 0.25) is 0 Å². The maximum atomic E-state index is 12.4. The largest absolute Gasteiger partial charge is 0.378 e. The van der Waals surface area contributed by atoms with Gasteiger partial charge in [-0.25, -0.2) is 13.1 Å². The highest BCUT2D eigenvalue weighted by molar-refractivity contribution is 7.89. The van der Waals surface area contributed by atoms with E-state index in [1.54, 1.807) is 12.1 Å². The molecule has 1 aliphatic heterocycles. The summed E-state index contributed by atoms with van der Waals surface area (Å²) in [5, 5.41) is 2.81. The van der Waals surface area contributed by atoms with Gasteiger partial charge in [-0.05, 0) is 56.4 Å². The van der Waals surface area contributed by atoms with Gasteiger partial charge in [-0.2, -0.15) is 0 Å². The maximum absolute atomic E-state index is 12.4. The summed E-state index contributed by atoms with van der Waals surface area (Å²) in [7, 11) is -3.49. The minimum atomic E-state index is -3.49. The van der Waals surface area contributed by atoms with Crippen LogP contribution in [0.4, 0.5) is 5.69 Å². The Bertz CT molecular complexity index is 676. The first-order valence-corrected chi connectivity index (χ1v) is 10.5. The molecule has 1 atom stereocenters. The quantitative estimate of drug-likeness (QED) is 0.811. The lowest BCUT2D eigenvalue weighted by Gasteiger charge is -2.21. The number of amides is 1. The van der Waals surface area contributed by atoms with E-state index in [-0.39, 0.29) is 22.9 Å². The molecule has 1 amide bonds. The predicted molar refractivity (Wildman–Crippen MR) is 95.9 cm³/mol. The summed E-state index contributed by atoms with van der Waals surface area (Å²) in [5.41, 5.74) is 0.598. The van der Waals surface area contributed by atoms with Crippen LogP contribution < -0.4 is 10.0 Å². The number of anilines is 1. The number of benzene rings is 1. The van der Waals surface area contributed by atoms with E-state index in [0.29, 0.717) is 12.1 Å². The zero-order valence-electron chi connectivity index (χ0n) is 14.4. The molecule has 3 rings (SSSR count). The fraction of sp³-hybridized carbons (Fsp3) is 0.611. The van der Waals surface area contributed by atoms with E-state index in [1.807, 2.05) is 0 Å². The Hall–Kier alpha value is -1.44. The van der Waals surface area contributed by atoms with Crippen LogP contribution in [-0.4, -0.2) is 33.1 Å². The summed E-state index contributed by atoms with van der Waals surface area (Å²) < 4.78 is 33.1. The van der Waals surface area contributed by atoms with Gasteiger partial charge >= 0.3 is 0 Å². The van der Waals surface area contributed by atoms with Crippen molar-refractivity contribution in [2.24, 2.45) is 0 Å². The second-order valence-electron chi connectivity index (χ2n) is 6.87. The minimum Gasteiger partial charge on any atom is -0.378 e. The monoisotopic (exact) mass is 366 g/mol. The molecule has 6 nitrogen and oxygen atoms in total. The SMILES string of the molecule is O=C(C[C@@H]1CCCCO1)Nc1ccc(S(=O)(=O)NC2CCCC2)cc1. The fourth-order valence-electron chi connectivity index (χ4n) is 3.44. The number of rotatable bonds is 6. The number of ether oxygens (including phenoxy) is 1. The normalized spacial score (nSPS) is 22.0. The lowest BCUT2D eigenvalue weighted by atomic mass is 10.1. The van der Waals surface area contributed by atoms with Gasteiger partial charge in [0.05, 0.1) is 17.4 Å². The first-order chi connectivity index (χ1) is 12.0. The van der Waals surface area contributed by atoms with Gasteiger partial charge in [0.25, 0.3) is 0 Å². The van der Waals surface area contributed by atoms with Gasteiger partial charge in [0.1, 0.15) is 0 Å². The Balaban J connectivity index is 1.54. The van der Waals surface area contributed by atoms with Crippen molar-refractivity contribution < 1.29 is 17.9 Å². The first kappa shape index (κ1) is 18.4. The standard InChI is InChI=1S/C18H26N2O4S/c21-18(13-16-7-3-4-12-24-16)19-14-8-10-17(11-9-14)25(22,23)20-15-5-1-2-6-15/h8-11,15-16,20H,1-7,12-13H2,(H,19,21)/t16-/m0/s1. The molecule has 25 heavy (non-hydrogen) atoms. The van der Waals surface area contributed by atoms with Crippen LogP contribution in [0.25, 0.3) is 0 Å². The predicted octanol–water partition coefficient (Wildman–Crippen LogP) is 2.81. The van der Waals surface area contributed by atoms with Gasteiger partial charge < -0.3 is 10.1 Å². The number of nitrogens with one attached hydrogen (secondary N) is 2. The Morgan fingerprint density at radius 2 is 1.72 bits per heavy atom. The number of sulfonamides is 1. The molecular weight excluding hydrogens is 340 g/mol. The molecule has 2 fully saturated rings. The minimum absolute atomic E-state index is 0.0102. The van der Waals surface area contributed by atoms with E-state index >= 15 is 0 Å². The van der Waals surface area contributed by atoms with Crippen LogP contribution >= 0.6 is 0 Å². The van der Waals surface area contributed by atoms with E-state index in [0.717, 1.165) is 51.6 Å². The molecule has 7 heteroatoms. The van der Waals surface area contributed by atoms with Crippen molar-refractivity contribution in [1.82, 2.24) is 4.72 Å². The highest BCUT2D eigenvalue weighted by Crippen LogP contribution is 2.21. The van der Waals surface area contributed by atoms with Gasteiger partial charge in [0.15, 0.2) is 0 Å². The highest BCUT2D eigenvalue weighted by Gasteiger charge is 2.23. The molecule has 0 aromatic heterocycles. The molecule has 1 saturated carbocycles. The van der Waals surface area contributed by atoms with Crippen LogP contribution in [0.3, 0.4) is 0 Å². The van der Waals surface area contributed by atoms with Crippen molar-refractivity contribution in [3.63, 3.8) is 0 Å². The summed E-state index contributed by atoms with van der Waals surface area (Å²) >= 11 is 0. The molecule has 1 aromatic rings. The van der Waals surface area contributed by atoms with Crippen LogP contribution in [0.1, 0.15) is 51.4 Å². The van der Waals surface area contributed by atoms with Gasteiger partial charge in [-0.1, -0.05) is 12.8 Å². The number of hydrogen-bond acceptors (Lipinski definition) is 4. The molecule has 1 heterocycles. The molecule has 1 aliphatic carbocycles. The summed E-state index contributed by atoms with van der Waals surface area (Å²) in [5.74, 6) is -0.105. The fourth-order valence-corrected chi connectivity index (χ4v) is 4.74. The second kappa shape index (κ2) is 8.29. The third-order valence-corrected chi connectivity index (χ3v) is 6.35. The third-order valence-electron chi connectivity index (χ3n) is 4.81. The van der Waals surface area contributed by atoms with Crippen molar-refractivity contribution in [1.29, 1.82) is 0 Å². The molecule has 2 N–H and O–H groups in total. The van der Waals surface area contributed by atoms with Crippen LogP contribution in [0.5, 0.6) is 0 Å². The van der Waals surface area contributed by atoms with E-state index in [4.69, 9.17) is 4.74 Å². The second-order valence-corrected chi connectivity index (χ2v) is 8.58. The molecule has 1 saturated heterocycles. The summed E-state index contributed by atoms with van der Waals surface area (Å²) in [6, 6.07) is 6.36. The van der Waals surface area contributed by atoms with Crippen molar-refractivity contribution in [3.8, 4) is 0 Å². The topological polar surface area (TPSA) is 84.5 Å². The Morgan fingerprint density at radius 1 is 1.04 bits per heavy atom. The van der Waals surface area contributed by atoms with Gasteiger partial charge in [-0.15, -0.1) is 0 Å². The third kappa shape index (κ3) is 5.26. The van der Waals surface area contributed by atoms with Crippen LogP contribution in [0.15, 0.2) is 29.2 Å². The maximum Gasteiger partial charge on any atom is 0.240 e. The zero-order chi connectivity index (χ0) is 17.7. The summed E-state index contributed by atoms with van der Waals surface area (Å²) in [6.07, 6.45) is 7.34. The number of hydrogen-bond donors (Lipinski definition) is 2. The highest BCUT2D eigenvalue weighted by atomic mass is 32.2. The van der Waals surface area contributed by atoms with Gasteiger partial charge in [0, 0.05) is 18.3 Å². The van der Waals surface area contributed by atoms with Crippen molar-refractivity contribution >= 4 is 21.6 Å². The van der Waals surface area contributed by atoms with Crippen LogP contribution in [-0.2, 0) is 19.6 Å². The van der Waals surface area contributed by atoms with Crippen molar-refractivity contribution in [2.45, 2.75) is 68.4 Å². The average Bonchev–Trinajstić information content (AvgIpc) is 3.08. The zero-order valence-corrected chi connectivity index (χ0v) is 15.2. The van der Waals surface area contributed by atoms with Gasteiger partial charge in [0.2, 0.25) is 15.9 Å². The Kier molecular flexibility index (Phi) is 6.09. The number of carbonyl (C=O) groups excluding carboxylic acids is 1. The Labute approximate surface area is 149 Å². The average molecular weight is 366 g/mol. The van der Waals surface area contributed by atoms with Gasteiger partial charge in [-0.3, -0.25) is 4.79 Å².